The number of hydrogen-bond acceptors (Lipinski definition) is 4. The number of benzene rings is 10. The molecule has 16 aromatic rings. The molecule has 16 rings (SSSR count). The van der Waals surface area contributed by atoms with E-state index in [-0.39, 0.29) is 0 Å². The van der Waals surface area contributed by atoms with Crippen molar-refractivity contribution in [2.45, 2.75) is 0 Å². The number of aromatic nitrogens is 5. The Morgan fingerprint density at radius 3 is 1.81 bits per heavy atom. The highest BCUT2D eigenvalue weighted by Crippen LogP contribution is 2.52. The zero-order chi connectivity index (χ0) is 40.7. The Morgan fingerprint density at radius 2 is 0.952 bits per heavy atom. The van der Waals surface area contributed by atoms with Crippen molar-refractivity contribution in [3.8, 4) is 39.9 Å². The summed E-state index contributed by atoms with van der Waals surface area (Å²) in [5.41, 5.74) is 10.4. The first-order valence-corrected chi connectivity index (χ1v) is 22.3. The van der Waals surface area contributed by atoms with Crippen LogP contribution < -0.4 is 0 Å². The number of para-hydroxylation sites is 1. The van der Waals surface area contributed by atoms with E-state index in [9.17, 15) is 0 Å². The molecule has 0 bridgehead atoms. The zero-order valence-corrected chi connectivity index (χ0v) is 34.2. The molecule has 0 atom stereocenters. The van der Waals surface area contributed by atoms with E-state index in [1.54, 1.807) is 0 Å². The topological polar surface area (TPSA) is 48.0 Å². The molecule has 0 amide bonds. The molecule has 0 aliphatic rings. The van der Waals surface area contributed by atoms with Crippen molar-refractivity contribution in [1.82, 2.24) is 23.9 Å². The fraction of sp³-hybridized carbons (Fsp3) is 0. The second kappa shape index (κ2) is 11.4. The van der Waals surface area contributed by atoms with Crippen molar-refractivity contribution in [3.05, 3.63) is 176 Å². The van der Waals surface area contributed by atoms with Gasteiger partial charge in [0.2, 0.25) is 0 Å². The van der Waals surface area contributed by atoms with E-state index in [1.165, 1.54) is 102 Å². The van der Waals surface area contributed by atoms with E-state index in [0.717, 1.165) is 33.2 Å². The Bertz CT molecular complexity index is 4550. The van der Waals surface area contributed by atoms with Gasteiger partial charge in [-0.3, -0.25) is 0 Å². The van der Waals surface area contributed by atoms with Crippen LogP contribution in [0.4, 0.5) is 0 Å². The van der Waals surface area contributed by atoms with Crippen LogP contribution >= 0.6 is 11.3 Å². The van der Waals surface area contributed by atoms with Crippen LogP contribution in [0, 0.1) is 0 Å². The molecular formula is C57H29N5S. The van der Waals surface area contributed by atoms with Gasteiger partial charge in [-0.15, -0.1) is 11.3 Å². The molecule has 0 N–H and O–H groups in total. The highest BCUT2D eigenvalue weighted by atomic mass is 32.1. The lowest BCUT2D eigenvalue weighted by Crippen LogP contribution is -2.02. The predicted molar refractivity (Wildman–Crippen MR) is 264 cm³/mol. The molecule has 0 fully saturated rings. The summed E-state index contributed by atoms with van der Waals surface area (Å²) in [5, 5.41) is 17.8. The maximum absolute atomic E-state index is 5.31. The second-order valence-corrected chi connectivity index (χ2v) is 18.2. The summed E-state index contributed by atoms with van der Waals surface area (Å²) in [6.07, 6.45) is 0. The first kappa shape index (κ1) is 32.6. The Kier molecular flexibility index (Phi) is 5.88. The van der Waals surface area contributed by atoms with Crippen LogP contribution in [0.25, 0.3) is 152 Å². The van der Waals surface area contributed by atoms with Crippen LogP contribution in [0.5, 0.6) is 0 Å². The second-order valence-electron chi connectivity index (χ2n) is 17.1. The van der Waals surface area contributed by atoms with Gasteiger partial charge in [0, 0.05) is 85.3 Å². The summed E-state index contributed by atoms with van der Waals surface area (Å²) in [6, 6.07) is 64.2. The van der Waals surface area contributed by atoms with Crippen LogP contribution in [0.3, 0.4) is 0 Å². The van der Waals surface area contributed by atoms with Gasteiger partial charge < -0.3 is 8.97 Å². The van der Waals surface area contributed by atoms with Crippen molar-refractivity contribution in [3.63, 3.8) is 0 Å². The van der Waals surface area contributed by atoms with E-state index >= 15 is 0 Å². The molecule has 0 radical (unpaired) electrons. The Hall–Kier alpha value is -8.19. The summed E-state index contributed by atoms with van der Waals surface area (Å²) in [4.78, 5) is 15.7. The van der Waals surface area contributed by atoms with Gasteiger partial charge in [0.1, 0.15) is 0 Å². The number of nitrogens with zero attached hydrogens (tertiary/aromatic N) is 5. The average Bonchev–Trinajstić information content (AvgIpc) is 4.06. The van der Waals surface area contributed by atoms with Crippen LogP contribution in [0.1, 0.15) is 0 Å². The van der Waals surface area contributed by atoms with Gasteiger partial charge in [0.05, 0.1) is 33.3 Å². The van der Waals surface area contributed by atoms with Crippen LogP contribution in [0.2, 0.25) is 0 Å². The Morgan fingerprint density at radius 1 is 0.349 bits per heavy atom. The standard InChI is InChI=1S/C57H29N5S/c1-2-9-32(10-3-1)55-58-56(33-21-28-47-42(29-33)36-13-6-7-16-46(36)63-47)60-57(59-55)41-24-26-43(35-12-5-4-11-34(35)41)61-44-25-20-30-17-18-31-19-22-39-37-14-8-15-38-40-23-27-45(61)51-50(44)48(30)49(31)53(39)62(52(37)38)54(40)51/h1-29H. The highest BCUT2D eigenvalue weighted by Gasteiger charge is 2.28. The monoisotopic (exact) mass is 815 g/mol. The van der Waals surface area contributed by atoms with Gasteiger partial charge in [-0.1, -0.05) is 127 Å². The zero-order valence-electron chi connectivity index (χ0n) is 33.4. The van der Waals surface area contributed by atoms with Crippen molar-refractivity contribution in [1.29, 1.82) is 0 Å². The number of hydrogen-bond donors (Lipinski definition) is 0. The van der Waals surface area contributed by atoms with E-state index in [2.05, 4.69) is 167 Å². The van der Waals surface area contributed by atoms with Gasteiger partial charge in [0.15, 0.2) is 17.5 Å². The Balaban J connectivity index is 0.982. The van der Waals surface area contributed by atoms with Gasteiger partial charge in [-0.2, -0.15) is 0 Å². The average molecular weight is 816 g/mol. The lowest BCUT2D eigenvalue weighted by molar-refractivity contribution is 1.08. The van der Waals surface area contributed by atoms with Crippen molar-refractivity contribution in [2.24, 2.45) is 0 Å². The molecule has 0 saturated carbocycles. The molecular weight excluding hydrogens is 787 g/mol. The van der Waals surface area contributed by atoms with Gasteiger partial charge in [0.25, 0.3) is 0 Å². The van der Waals surface area contributed by atoms with Crippen LogP contribution in [-0.4, -0.2) is 23.9 Å². The maximum atomic E-state index is 5.31. The maximum Gasteiger partial charge on any atom is 0.164 e. The SMILES string of the molecule is c1ccc(-c2nc(-c3ccc4sc5ccccc5c4c3)nc(-c3ccc(-n4c5ccc6ccc7ccc8c9cccc%10c%11ccc4c4c5c6c7c8n(c9%10)c%114)c4ccccc34)n2)cc1. The summed E-state index contributed by atoms with van der Waals surface area (Å²) in [6.45, 7) is 0. The van der Waals surface area contributed by atoms with Crippen molar-refractivity contribution >= 4 is 124 Å². The van der Waals surface area contributed by atoms with E-state index in [0.29, 0.717) is 17.5 Å². The molecule has 0 aliphatic heterocycles. The molecule has 288 valence electrons. The minimum atomic E-state index is 0.648. The molecule has 0 spiro atoms. The third-order valence-electron chi connectivity index (χ3n) is 14.0. The van der Waals surface area contributed by atoms with Crippen molar-refractivity contribution in [2.75, 3.05) is 0 Å². The number of rotatable bonds is 4. The summed E-state index contributed by atoms with van der Waals surface area (Å²) >= 11 is 1.82. The van der Waals surface area contributed by atoms with Crippen LogP contribution in [0.15, 0.2) is 176 Å². The lowest BCUT2D eigenvalue weighted by Gasteiger charge is -2.16. The molecule has 0 saturated heterocycles. The minimum Gasteiger partial charge on any atom is -0.309 e. The fourth-order valence-corrected chi connectivity index (χ4v) is 12.5. The van der Waals surface area contributed by atoms with Crippen LogP contribution in [-0.2, 0) is 0 Å². The molecule has 6 heterocycles. The minimum absolute atomic E-state index is 0.648. The first-order chi connectivity index (χ1) is 31.2. The molecule has 0 unspecified atom stereocenters. The largest absolute Gasteiger partial charge is 0.309 e. The van der Waals surface area contributed by atoms with E-state index in [1.807, 2.05) is 29.5 Å². The van der Waals surface area contributed by atoms with Crippen molar-refractivity contribution < 1.29 is 0 Å². The number of fused-ring (bicyclic) bond motifs is 6. The van der Waals surface area contributed by atoms with E-state index in [4.69, 9.17) is 15.0 Å². The summed E-state index contributed by atoms with van der Waals surface area (Å²) in [7, 11) is 0. The molecule has 63 heavy (non-hydrogen) atoms. The molecule has 6 aromatic heterocycles. The predicted octanol–water partition coefficient (Wildman–Crippen LogP) is 15.3. The Labute approximate surface area is 361 Å². The van der Waals surface area contributed by atoms with Gasteiger partial charge >= 0.3 is 0 Å². The smallest absolute Gasteiger partial charge is 0.164 e. The molecule has 5 nitrogen and oxygen atoms in total. The summed E-state index contributed by atoms with van der Waals surface area (Å²) in [5.74, 6) is 1.95. The third-order valence-corrected chi connectivity index (χ3v) is 15.1. The fourth-order valence-electron chi connectivity index (χ4n) is 11.4. The highest BCUT2D eigenvalue weighted by molar-refractivity contribution is 7.25. The first-order valence-electron chi connectivity index (χ1n) is 21.4. The third kappa shape index (κ3) is 4.01. The van der Waals surface area contributed by atoms with E-state index < -0.39 is 0 Å². The van der Waals surface area contributed by atoms with Gasteiger partial charge in [-0.25, -0.2) is 15.0 Å². The quantitative estimate of drug-likeness (QED) is 0.166. The lowest BCUT2D eigenvalue weighted by atomic mass is 9.96. The molecule has 0 aliphatic carbocycles. The summed E-state index contributed by atoms with van der Waals surface area (Å²) < 4.78 is 7.64. The normalized spacial score (nSPS) is 12.8. The number of thiophene rings is 1. The molecule has 6 heteroatoms. The van der Waals surface area contributed by atoms with Gasteiger partial charge in [-0.05, 0) is 64.7 Å². The molecule has 10 aromatic carbocycles.